The molecule has 0 spiro atoms. The third kappa shape index (κ3) is 3.35. The summed E-state index contributed by atoms with van der Waals surface area (Å²) >= 11 is 5.81. The fourth-order valence-electron chi connectivity index (χ4n) is 1.69. The number of halogens is 1. The van der Waals surface area contributed by atoms with Gasteiger partial charge in [-0.3, -0.25) is 4.79 Å². The molecule has 0 saturated carbocycles. The quantitative estimate of drug-likeness (QED) is 0.759. The Labute approximate surface area is 96.5 Å². The molecule has 1 nitrogen and oxygen atoms in total. The second-order valence-electron chi connectivity index (χ2n) is 4.46. The minimum atomic E-state index is -0.275. The largest absolute Gasteiger partial charge is 0.299 e. The molecule has 0 heterocycles. The van der Waals surface area contributed by atoms with Crippen LogP contribution < -0.4 is 0 Å². The minimum absolute atomic E-state index is 0.275. The van der Waals surface area contributed by atoms with Crippen LogP contribution >= 0.6 is 11.6 Å². The van der Waals surface area contributed by atoms with Gasteiger partial charge in [0.2, 0.25) is 0 Å². The third-order valence-corrected chi connectivity index (χ3v) is 2.89. The average molecular weight is 225 g/mol. The van der Waals surface area contributed by atoms with Gasteiger partial charge in [0, 0.05) is 16.9 Å². The van der Waals surface area contributed by atoms with Crippen molar-refractivity contribution in [1.29, 1.82) is 0 Å². The molecule has 2 heteroatoms. The molecule has 0 bridgehead atoms. The van der Waals surface area contributed by atoms with E-state index in [0.29, 0.717) is 12.2 Å². The summed E-state index contributed by atoms with van der Waals surface area (Å²) < 4.78 is 0. The van der Waals surface area contributed by atoms with Crippen LogP contribution in [0.2, 0.25) is 5.02 Å². The standard InChI is InChI=1S/C13H17ClO/c1-4-12(15)13(2,3)9-10-5-7-11(14)8-6-10/h5-8H,4,9H2,1-3H3. The smallest absolute Gasteiger partial charge is 0.138 e. The van der Waals surface area contributed by atoms with E-state index in [9.17, 15) is 4.79 Å². The molecule has 15 heavy (non-hydrogen) atoms. The Kier molecular flexibility index (Phi) is 3.92. The number of benzene rings is 1. The molecule has 1 aromatic rings. The average Bonchev–Trinajstić information content (AvgIpc) is 2.20. The Balaban J connectivity index is 2.77. The summed E-state index contributed by atoms with van der Waals surface area (Å²) in [5, 5.41) is 0.735. The summed E-state index contributed by atoms with van der Waals surface area (Å²) in [6.07, 6.45) is 1.37. The van der Waals surface area contributed by atoms with Crippen LogP contribution in [0.25, 0.3) is 0 Å². The van der Waals surface area contributed by atoms with Crippen LogP contribution in [-0.4, -0.2) is 5.78 Å². The van der Waals surface area contributed by atoms with Gasteiger partial charge in [-0.25, -0.2) is 0 Å². The van der Waals surface area contributed by atoms with Crippen molar-refractivity contribution in [3.63, 3.8) is 0 Å². The molecule has 82 valence electrons. The van der Waals surface area contributed by atoms with Gasteiger partial charge in [0.25, 0.3) is 0 Å². The monoisotopic (exact) mass is 224 g/mol. The SMILES string of the molecule is CCC(=O)C(C)(C)Cc1ccc(Cl)cc1. The van der Waals surface area contributed by atoms with Crippen LogP contribution in [0.3, 0.4) is 0 Å². The maximum Gasteiger partial charge on any atom is 0.138 e. The molecule has 0 N–H and O–H groups in total. The van der Waals surface area contributed by atoms with Gasteiger partial charge in [-0.1, -0.05) is 44.5 Å². The predicted molar refractivity (Wildman–Crippen MR) is 64.2 cm³/mol. The molecule has 0 unspecified atom stereocenters. The van der Waals surface area contributed by atoms with Crippen molar-refractivity contribution in [2.45, 2.75) is 33.6 Å². The van der Waals surface area contributed by atoms with E-state index in [1.165, 1.54) is 0 Å². The van der Waals surface area contributed by atoms with E-state index in [1.807, 2.05) is 45.0 Å². The topological polar surface area (TPSA) is 17.1 Å². The van der Waals surface area contributed by atoms with E-state index in [1.54, 1.807) is 0 Å². The molecule has 0 radical (unpaired) electrons. The molecule has 0 aliphatic carbocycles. The lowest BCUT2D eigenvalue weighted by Gasteiger charge is -2.22. The highest BCUT2D eigenvalue weighted by Crippen LogP contribution is 2.25. The fraction of sp³-hybridized carbons (Fsp3) is 0.462. The van der Waals surface area contributed by atoms with Crippen molar-refractivity contribution in [2.24, 2.45) is 5.41 Å². The van der Waals surface area contributed by atoms with Gasteiger partial charge < -0.3 is 0 Å². The fourth-order valence-corrected chi connectivity index (χ4v) is 1.82. The lowest BCUT2D eigenvalue weighted by molar-refractivity contribution is -0.126. The number of carbonyl (C=O) groups excluding carboxylic acids is 1. The maximum absolute atomic E-state index is 11.7. The van der Waals surface area contributed by atoms with Gasteiger partial charge in [0.1, 0.15) is 5.78 Å². The van der Waals surface area contributed by atoms with Crippen LogP contribution in [0.15, 0.2) is 24.3 Å². The van der Waals surface area contributed by atoms with Crippen LogP contribution in [0.1, 0.15) is 32.8 Å². The van der Waals surface area contributed by atoms with Gasteiger partial charge in [-0.05, 0) is 24.1 Å². The number of carbonyl (C=O) groups is 1. The van der Waals surface area contributed by atoms with Gasteiger partial charge >= 0.3 is 0 Å². The summed E-state index contributed by atoms with van der Waals surface area (Å²) in [6.45, 7) is 5.90. The van der Waals surface area contributed by atoms with E-state index in [-0.39, 0.29) is 5.41 Å². The van der Waals surface area contributed by atoms with Crippen molar-refractivity contribution < 1.29 is 4.79 Å². The van der Waals surface area contributed by atoms with E-state index in [4.69, 9.17) is 11.6 Å². The first kappa shape index (κ1) is 12.3. The Morgan fingerprint density at radius 2 is 1.80 bits per heavy atom. The van der Waals surface area contributed by atoms with Gasteiger partial charge in [0.15, 0.2) is 0 Å². The molecule has 0 fully saturated rings. The lowest BCUT2D eigenvalue weighted by atomic mass is 9.81. The zero-order valence-corrected chi connectivity index (χ0v) is 10.3. The first-order valence-corrected chi connectivity index (χ1v) is 5.61. The van der Waals surface area contributed by atoms with Crippen LogP contribution in [0.4, 0.5) is 0 Å². The summed E-state index contributed by atoms with van der Waals surface area (Å²) in [4.78, 5) is 11.7. The van der Waals surface area contributed by atoms with E-state index in [2.05, 4.69) is 0 Å². The Bertz CT molecular complexity index is 338. The van der Waals surface area contributed by atoms with Crippen molar-refractivity contribution in [3.05, 3.63) is 34.9 Å². The van der Waals surface area contributed by atoms with Crippen molar-refractivity contribution >= 4 is 17.4 Å². The molecule has 0 amide bonds. The zero-order chi connectivity index (χ0) is 11.5. The summed E-state index contributed by atoms with van der Waals surface area (Å²) in [7, 11) is 0. The number of ketones is 1. The third-order valence-electron chi connectivity index (χ3n) is 2.64. The Morgan fingerprint density at radius 1 is 1.27 bits per heavy atom. The zero-order valence-electron chi connectivity index (χ0n) is 9.51. The van der Waals surface area contributed by atoms with E-state index >= 15 is 0 Å². The highest BCUT2D eigenvalue weighted by Gasteiger charge is 2.25. The summed E-state index contributed by atoms with van der Waals surface area (Å²) in [6, 6.07) is 7.69. The first-order valence-electron chi connectivity index (χ1n) is 5.23. The van der Waals surface area contributed by atoms with E-state index < -0.39 is 0 Å². The van der Waals surface area contributed by atoms with Gasteiger partial charge in [-0.2, -0.15) is 0 Å². The molecule has 0 aliphatic heterocycles. The molecule has 0 saturated heterocycles. The minimum Gasteiger partial charge on any atom is -0.299 e. The molecule has 0 aromatic heterocycles. The molecule has 0 aliphatic rings. The van der Waals surface area contributed by atoms with Crippen molar-refractivity contribution in [3.8, 4) is 0 Å². The number of rotatable bonds is 4. The highest BCUT2D eigenvalue weighted by atomic mass is 35.5. The molecule has 0 atom stereocenters. The number of hydrogen-bond donors (Lipinski definition) is 0. The second-order valence-corrected chi connectivity index (χ2v) is 4.90. The Hall–Kier alpha value is -0.820. The Morgan fingerprint density at radius 3 is 2.27 bits per heavy atom. The van der Waals surface area contributed by atoms with Crippen LogP contribution in [0, 0.1) is 5.41 Å². The highest BCUT2D eigenvalue weighted by molar-refractivity contribution is 6.30. The van der Waals surface area contributed by atoms with Gasteiger partial charge in [0.05, 0.1) is 0 Å². The van der Waals surface area contributed by atoms with Gasteiger partial charge in [-0.15, -0.1) is 0 Å². The number of hydrogen-bond acceptors (Lipinski definition) is 1. The maximum atomic E-state index is 11.7. The van der Waals surface area contributed by atoms with Crippen molar-refractivity contribution in [1.82, 2.24) is 0 Å². The predicted octanol–water partition coefficient (Wildman–Crippen LogP) is 3.89. The second kappa shape index (κ2) is 4.80. The normalized spacial score (nSPS) is 11.5. The molecule has 1 rings (SSSR count). The molecular weight excluding hydrogens is 208 g/mol. The number of Topliss-reactive ketones (excluding diaryl/α,β-unsaturated/α-hetero) is 1. The van der Waals surface area contributed by atoms with Crippen molar-refractivity contribution in [2.75, 3.05) is 0 Å². The molecule has 1 aromatic carbocycles. The first-order chi connectivity index (χ1) is 6.95. The summed E-state index contributed by atoms with van der Waals surface area (Å²) in [5.74, 6) is 0.303. The summed E-state index contributed by atoms with van der Waals surface area (Å²) in [5.41, 5.74) is 0.883. The van der Waals surface area contributed by atoms with Crippen LogP contribution in [-0.2, 0) is 11.2 Å². The van der Waals surface area contributed by atoms with Crippen LogP contribution in [0.5, 0.6) is 0 Å². The van der Waals surface area contributed by atoms with E-state index in [0.717, 1.165) is 17.0 Å². The lowest BCUT2D eigenvalue weighted by Crippen LogP contribution is -2.25. The molecular formula is C13H17ClO.